The van der Waals surface area contributed by atoms with Gasteiger partial charge in [0.25, 0.3) is 0 Å². The van der Waals surface area contributed by atoms with Crippen molar-refractivity contribution in [2.45, 2.75) is 134 Å². The SMILES string of the molecule is CC(C)=CCc1cccc2[nH]c3c(c12)C[C@@H]1CC[C@@]2(O)C45OC4[C@@H]4OC(C=C(C)C)OC(C)(C)[C@H]4OC5=CC[C@]2(C)[C@@]31C. The van der Waals surface area contributed by atoms with Crippen molar-refractivity contribution in [1.82, 2.24) is 4.98 Å². The van der Waals surface area contributed by atoms with Gasteiger partial charge in [0.15, 0.2) is 18.0 Å². The maximum Gasteiger partial charge on any atom is 0.183 e. The van der Waals surface area contributed by atoms with E-state index in [1.807, 2.05) is 6.08 Å². The lowest BCUT2D eigenvalue weighted by Gasteiger charge is -2.64. The van der Waals surface area contributed by atoms with Gasteiger partial charge in [-0.3, -0.25) is 0 Å². The van der Waals surface area contributed by atoms with Crippen LogP contribution in [0.3, 0.4) is 0 Å². The third kappa shape index (κ3) is 3.34. The highest BCUT2D eigenvalue weighted by Gasteiger charge is 2.86. The van der Waals surface area contributed by atoms with Gasteiger partial charge in [-0.2, -0.15) is 0 Å². The van der Waals surface area contributed by atoms with Gasteiger partial charge >= 0.3 is 0 Å². The zero-order valence-corrected chi connectivity index (χ0v) is 27.0. The molecule has 4 fully saturated rings. The van der Waals surface area contributed by atoms with E-state index in [1.165, 1.54) is 33.3 Å². The molecule has 2 aromatic rings. The fraction of sp³-hybridized carbons (Fsp3) is 0.622. The van der Waals surface area contributed by atoms with Crippen molar-refractivity contribution in [3.63, 3.8) is 0 Å². The van der Waals surface area contributed by atoms with Crippen LogP contribution in [-0.4, -0.2) is 51.5 Å². The second kappa shape index (κ2) is 8.66. The molecule has 1 spiro atoms. The third-order valence-electron chi connectivity index (χ3n) is 12.5. The van der Waals surface area contributed by atoms with E-state index < -0.39 is 28.5 Å². The summed E-state index contributed by atoms with van der Waals surface area (Å²) >= 11 is 0. The van der Waals surface area contributed by atoms with Gasteiger partial charge in [-0.15, -0.1) is 0 Å². The van der Waals surface area contributed by atoms with E-state index in [1.54, 1.807) is 0 Å². The summed E-state index contributed by atoms with van der Waals surface area (Å²) in [7, 11) is 0. The number of H-pyrrole nitrogens is 1. The molecule has 9 atom stereocenters. The molecule has 0 radical (unpaired) electrons. The van der Waals surface area contributed by atoms with Gasteiger partial charge in [0, 0.05) is 27.4 Å². The van der Waals surface area contributed by atoms with Gasteiger partial charge in [-0.25, -0.2) is 0 Å². The number of aliphatic hydroxyl groups is 1. The first-order valence-corrected chi connectivity index (χ1v) is 16.3. The van der Waals surface area contributed by atoms with Crippen LogP contribution in [0.2, 0.25) is 0 Å². The number of hydrogen-bond acceptors (Lipinski definition) is 5. The maximum atomic E-state index is 13.2. The Kier molecular flexibility index (Phi) is 5.66. The summed E-state index contributed by atoms with van der Waals surface area (Å²) < 4.78 is 26.5. The smallest absolute Gasteiger partial charge is 0.183 e. The summed E-state index contributed by atoms with van der Waals surface area (Å²) in [6.45, 7) is 17.3. The number of fused-ring (bicyclic) bond motifs is 9. The predicted octanol–water partition coefficient (Wildman–Crippen LogP) is 6.95. The highest BCUT2D eigenvalue weighted by molar-refractivity contribution is 5.89. The van der Waals surface area contributed by atoms with Gasteiger partial charge in [0.05, 0.1) is 0 Å². The summed E-state index contributed by atoms with van der Waals surface area (Å²) in [5, 5.41) is 14.6. The Bertz CT molecular complexity index is 1620. The zero-order valence-electron chi connectivity index (χ0n) is 27.0. The van der Waals surface area contributed by atoms with E-state index in [0.717, 1.165) is 37.0 Å². The average Bonchev–Trinajstić information content (AvgIpc) is 3.50. The lowest BCUT2D eigenvalue weighted by molar-refractivity contribution is -0.314. The fourth-order valence-corrected chi connectivity index (χ4v) is 10.1. The van der Waals surface area contributed by atoms with Gasteiger partial charge in [-0.05, 0) is 109 Å². The lowest BCUT2D eigenvalue weighted by atomic mass is 9.42. The largest absolute Gasteiger partial charge is 0.486 e. The number of aromatic nitrogens is 1. The van der Waals surface area contributed by atoms with Crippen LogP contribution in [0.4, 0.5) is 0 Å². The van der Waals surface area contributed by atoms with E-state index in [-0.39, 0.29) is 23.7 Å². The summed E-state index contributed by atoms with van der Waals surface area (Å²) in [5.41, 5.74) is 4.52. The van der Waals surface area contributed by atoms with E-state index >= 15 is 0 Å². The van der Waals surface area contributed by atoms with Crippen molar-refractivity contribution in [1.29, 1.82) is 0 Å². The van der Waals surface area contributed by atoms with Crippen molar-refractivity contribution >= 4 is 10.9 Å². The molecule has 8 rings (SSSR count). The Labute approximate surface area is 255 Å². The van der Waals surface area contributed by atoms with Gasteiger partial charge < -0.3 is 29.0 Å². The van der Waals surface area contributed by atoms with E-state index in [9.17, 15) is 5.11 Å². The minimum absolute atomic E-state index is 0.257. The number of ether oxygens (including phenoxy) is 4. The molecule has 3 saturated heterocycles. The number of hydrogen-bond donors (Lipinski definition) is 2. The number of allylic oxidation sites excluding steroid dienone is 4. The van der Waals surface area contributed by atoms with Crippen LogP contribution in [0.5, 0.6) is 0 Å². The number of nitrogens with one attached hydrogen (secondary N) is 1. The quantitative estimate of drug-likeness (QED) is 0.301. The molecular formula is C37H47NO5. The molecule has 6 aliphatic rings. The first-order chi connectivity index (χ1) is 20.3. The molecule has 3 aliphatic heterocycles. The summed E-state index contributed by atoms with van der Waals surface area (Å²) in [4.78, 5) is 3.93. The standard InChI is InChI=1S/C37H47NO5/c1-20(2)12-13-22-10-9-11-25-28(22)24-19-23-14-17-36(39)34(7,35(23,8)30(24)38-25)16-15-26-37(36)32(43-37)29-31(40-26)33(5,6)42-27(41-29)18-21(3)4/h9-12,15,18,23,27,29,31-32,38-39H,13-14,16-17,19H2,1-8H3/t23-,27?,29+,31-,32?,34+,35+,36-,37?/m0/s1. The van der Waals surface area contributed by atoms with Crippen molar-refractivity contribution in [3.05, 3.63) is 70.2 Å². The van der Waals surface area contributed by atoms with Crippen molar-refractivity contribution in [3.8, 4) is 0 Å². The second-order valence-corrected chi connectivity index (χ2v) is 15.7. The van der Waals surface area contributed by atoms with Gasteiger partial charge in [0.2, 0.25) is 0 Å². The van der Waals surface area contributed by atoms with E-state index in [4.69, 9.17) is 18.9 Å². The van der Waals surface area contributed by atoms with E-state index in [2.05, 4.69) is 90.7 Å². The Hall–Kier alpha value is -2.38. The van der Waals surface area contributed by atoms with Crippen molar-refractivity contribution < 1.29 is 24.1 Å². The molecule has 43 heavy (non-hydrogen) atoms. The Balaban J connectivity index is 1.23. The first-order valence-electron chi connectivity index (χ1n) is 16.3. The summed E-state index contributed by atoms with van der Waals surface area (Å²) in [5.74, 6) is 1.22. The maximum absolute atomic E-state index is 13.2. The molecule has 0 bridgehead atoms. The fourth-order valence-electron chi connectivity index (χ4n) is 10.1. The summed E-state index contributed by atoms with van der Waals surface area (Å²) in [6, 6.07) is 6.67. The Morgan fingerprint density at radius 3 is 2.58 bits per heavy atom. The molecule has 0 amide bonds. The molecule has 2 N–H and O–H groups in total. The molecule has 1 aromatic heterocycles. The van der Waals surface area contributed by atoms with Gasteiger partial charge in [-0.1, -0.05) is 43.2 Å². The molecule has 230 valence electrons. The Morgan fingerprint density at radius 1 is 1.05 bits per heavy atom. The number of benzene rings is 1. The number of epoxide rings is 1. The zero-order chi connectivity index (χ0) is 30.3. The molecule has 6 heteroatoms. The van der Waals surface area contributed by atoms with Crippen LogP contribution < -0.4 is 0 Å². The Morgan fingerprint density at radius 2 is 1.84 bits per heavy atom. The minimum Gasteiger partial charge on any atom is -0.486 e. The second-order valence-electron chi connectivity index (χ2n) is 15.7. The topological polar surface area (TPSA) is 76.2 Å². The lowest BCUT2D eigenvalue weighted by Crippen LogP contribution is -2.73. The van der Waals surface area contributed by atoms with Crippen molar-refractivity contribution in [2.24, 2.45) is 11.3 Å². The van der Waals surface area contributed by atoms with Crippen LogP contribution in [-0.2, 0) is 37.2 Å². The minimum atomic E-state index is -1.10. The van der Waals surface area contributed by atoms with Crippen LogP contribution >= 0.6 is 0 Å². The first kappa shape index (κ1) is 28.1. The van der Waals surface area contributed by atoms with Crippen molar-refractivity contribution in [2.75, 3.05) is 0 Å². The van der Waals surface area contributed by atoms with Crippen LogP contribution in [0.15, 0.2) is 53.3 Å². The highest BCUT2D eigenvalue weighted by Crippen LogP contribution is 2.75. The average molecular weight is 586 g/mol. The number of aromatic amines is 1. The van der Waals surface area contributed by atoms with Crippen LogP contribution in [0.25, 0.3) is 10.9 Å². The molecule has 1 saturated carbocycles. The molecule has 3 unspecified atom stereocenters. The molecular weight excluding hydrogens is 538 g/mol. The molecule has 6 nitrogen and oxygen atoms in total. The predicted molar refractivity (Wildman–Crippen MR) is 167 cm³/mol. The van der Waals surface area contributed by atoms with E-state index in [0.29, 0.717) is 12.3 Å². The molecule has 1 aromatic carbocycles. The monoisotopic (exact) mass is 585 g/mol. The normalized spacial score (nSPS) is 43.1. The molecule has 3 aliphatic carbocycles. The molecule has 4 heterocycles. The summed E-state index contributed by atoms with van der Waals surface area (Å²) in [6.07, 6.45) is 9.51. The van der Waals surface area contributed by atoms with Crippen LogP contribution in [0, 0.1) is 11.3 Å². The highest BCUT2D eigenvalue weighted by atomic mass is 16.8. The third-order valence-corrected chi connectivity index (χ3v) is 12.5. The van der Waals surface area contributed by atoms with Crippen LogP contribution in [0.1, 0.15) is 91.5 Å². The number of rotatable bonds is 3. The van der Waals surface area contributed by atoms with Gasteiger partial charge in [0.1, 0.15) is 29.2 Å².